The Kier molecular flexibility index (Phi) is 12.7. The molecule has 3 aliphatic rings. The molecule has 2 unspecified atom stereocenters. The molecule has 56 heavy (non-hydrogen) atoms. The minimum absolute atomic E-state index is 0.0139. The molecule has 2 aliphatic carbocycles. The van der Waals surface area contributed by atoms with Gasteiger partial charge in [0, 0.05) is 25.9 Å². The molecule has 12 nitrogen and oxygen atoms in total. The minimum atomic E-state index is -1.02. The lowest BCUT2D eigenvalue weighted by Crippen LogP contribution is -2.58. The number of nitrogens with zero attached hydrogens (tertiary/aromatic N) is 2. The van der Waals surface area contributed by atoms with Crippen LogP contribution in [0, 0.1) is 5.92 Å². The number of benzene rings is 3. The van der Waals surface area contributed by atoms with E-state index in [9.17, 15) is 24.0 Å². The average Bonchev–Trinajstić information content (AvgIpc) is 3.76. The van der Waals surface area contributed by atoms with E-state index in [0.717, 1.165) is 47.1 Å². The number of alkyl carbamates (subject to hydrolysis) is 1. The van der Waals surface area contributed by atoms with Crippen molar-refractivity contribution in [3.05, 3.63) is 95.6 Å². The summed E-state index contributed by atoms with van der Waals surface area (Å²) in [5.74, 6) is -1.87. The van der Waals surface area contributed by atoms with Gasteiger partial charge in [0.1, 0.15) is 36.9 Å². The van der Waals surface area contributed by atoms with Gasteiger partial charge in [0.2, 0.25) is 11.8 Å². The topological polar surface area (TPSA) is 144 Å². The van der Waals surface area contributed by atoms with Gasteiger partial charge in [-0.25, -0.2) is 14.4 Å². The Morgan fingerprint density at radius 2 is 1.45 bits per heavy atom. The Bertz CT molecular complexity index is 1840. The Balaban J connectivity index is 1.18. The number of hydrogen-bond donors (Lipinski definition) is 2. The predicted molar refractivity (Wildman–Crippen MR) is 210 cm³/mol. The van der Waals surface area contributed by atoms with Crippen LogP contribution in [0.25, 0.3) is 11.1 Å². The van der Waals surface area contributed by atoms with Gasteiger partial charge in [0.05, 0.1) is 6.04 Å². The number of hydrogen-bond acceptors (Lipinski definition) is 8. The highest BCUT2D eigenvalue weighted by molar-refractivity contribution is 5.93. The average molecular weight is 767 g/mol. The van der Waals surface area contributed by atoms with Crippen LogP contribution in [-0.4, -0.2) is 89.7 Å². The fourth-order valence-electron chi connectivity index (χ4n) is 8.01. The van der Waals surface area contributed by atoms with Gasteiger partial charge in [-0.05, 0) is 74.3 Å². The van der Waals surface area contributed by atoms with E-state index < -0.39 is 59.7 Å². The van der Waals surface area contributed by atoms with Crippen molar-refractivity contribution in [2.45, 2.75) is 109 Å². The molecule has 6 rings (SSSR count). The SMILES string of the molecule is CC(C(=O)NC(C(=O)N1C[C@@H](NC(=O)OCC2c3ccccc3-c3ccccc32)C[C@H]1C(=O)OCc1ccccc1)C1CCCCC1)N(C)C(=O)OC(C)(C)C. The number of rotatable bonds is 11. The van der Waals surface area contributed by atoms with E-state index in [-0.39, 0.29) is 38.0 Å². The number of esters is 1. The molecule has 12 heteroatoms. The number of ether oxygens (including phenoxy) is 3. The molecule has 4 atom stereocenters. The molecule has 0 spiro atoms. The van der Waals surface area contributed by atoms with Crippen molar-refractivity contribution in [2.75, 3.05) is 20.2 Å². The van der Waals surface area contributed by atoms with Gasteiger partial charge in [-0.3, -0.25) is 14.5 Å². The lowest BCUT2D eigenvalue weighted by Gasteiger charge is -2.35. The van der Waals surface area contributed by atoms with Gasteiger partial charge < -0.3 is 29.7 Å². The van der Waals surface area contributed by atoms with Gasteiger partial charge in [-0.1, -0.05) is 98.1 Å². The van der Waals surface area contributed by atoms with Gasteiger partial charge >= 0.3 is 18.2 Å². The zero-order valence-corrected chi connectivity index (χ0v) is 33.0. The van der Waals surface area contributed by atoms with Gasteiger partial charge in [-0.2, -0.15) is 0 Å². The van der Waals surface area contributed by atoms with Crippen LogP contribution in [0.4, 0.5) is 9.59 Å². The number of likely N-dealkylation sites (N-methyl/N-ethyl adjacent to an activating group) is 1. The number of nitrogens with one attached hydrogen (secondary N) is 2. The van der Waals surface area contributed by atoms with E-state index in [1.807, 2.05) is 66.7 Å². The highest BCUT2D eigenvalue weighted by Crippen LogP contribution is 2.44. The maximum atomic E-state index is 14.7. The zero-order chi connectivity index (χ0) is 40.0. The summed E-state index contributed by atoms with van der Waals surface area (Å²) in [5.41, 5.74) is 4.44. The van der Waals surface area contributed by atoms with E-state index in [2.05, 4.69) is 22.8 Å². The van der Waals surface area contributed by atoms with Crippen molar-refractivity contribution in [3.63, 3.8) is 0 Å². The summed E-state index contributed by atoms with van der Waals surface area (Å²) < 4.78 is 17.0. The predicted octanol–water partition coefficient (Wildman–Crippen LogP) is 6.56. The molecular weight excluding hydrogens is 713 g/mol. The summed E-state index contributed by atoms with van der Waals surface area (Å²) >= 11 is 0. The van der Waals surface area contributed by atoms with Crippen molar-refractivity contribution < 1.29 is 38.2 Å². The van der Waals surface area contributed by atoms with E-state index in [1.54, 1.807) is 27.7 Å². The normalized spacial score (nSPS) is 19.2. The van der Waals surface area contributed by atoms with Crippen LogP contribution in [0.3, 0.4) is 0 Å². The summed E-state index contributed by atoms with van der Waals surface area (Å²) in [6.07, 6.45) is 3.03. The molecule has 3 aromatic carbocycles. The first kappa shape index (κ1) is 40.3. The van der Waals surface area contributed by atoms with Crippen molar-refractivity contribution in [1.82, 2.24) is 20.4 Å². The van der Waals surface area contributed by atoms with Crippen LogP contribution in [0.15, 0.2) is 78.9 Å². The summed E-state index contributed by atoms with van der Waals surface area (Å²) in [5, 5.41) is 5.87. The lowest BCUT2D eigenvalue weighted by molar-refractivity contribution is -0.155. The second-order valence-corrected chi connectivity index (χ2v) is 16.2. The summed E-state index contributed by atoms with van der Waals surface area (Å²) in [6, 6.07) is 21.9. The van der Waals surface area contributed by atoms with Crippen LogP contribution in [0.1, 0.15) is 88.8 Å². The second kappa shape index (κ2) is 17.6. The van der Waals surface area contributed by atoms with Crippen molar-refractivity contribution >= 4 is 30.0 Å². The third-order valence-electron chi connectivity index (χ3n) is 11.1. The van der Waals surface area contributed by atoms with E-state index in [0.29, 0.717) is 12.8 Å². The first-order valence-corrected chi connectivity index (χ1v) is 19.7. The minimum Gasteiger partial charge on any atom is -0.459 e. The van der Waals surface area contributed by atoms with E-state index in [1.165, 1.54) is 16.8 Å². The molecule has 3 aromatic rings. The van der Waals surface area contributed by atoms with Crippen LogP contribution in [0.5, 0.6) is 0 Å². The fourth-order valence-corrected chi connectivity index (χ4v) is 8.01. The molecule has 1 heterocycles. The first-order chi connectivity index (χ1) is 26.8. The molecule has 1 saturated carbocycles. The maximum Gasteiger partial charge on any atom is 0.410 e. The summed E-state index contributed by atoms with van der Waals surface area (Å²) in [4.78, 5) is 71.1. The van der Waals surface area contributed by atoms with Gasteiger partial charge in [0.25, 0.3) is 0 Å². The summed E-state index contributed by atoms with van der Waals surface area (Å²) in [6.45, 7) is 6.95. The lowest BCUT2D eigenvalue weighted by atomic mass is 9.83. The van der Waals surface area contributed by atoms with Crippen LogP contribution in [0.2, 0.25) is 0 Å². The van der Waals surface area contributed by atoms with Crippen molar-refractivity contribution in [1.29, 1.82) is 0 Å². The smallest absolute Gasteiger partial charge is 0.410 e. The molecule has 0 aromatic heterocycles. The molecule has 0 radical (unpaired) electrons. The summed E-state index contributed by atoms with van der Waals surface area (Å²) in [7, 11) is 1.48. The number of likely N-dealkylation sites (tertiary alicyclic amines) is 1. The molecule has 298 valence electrons. The molecule has 2 fully saturated rings. The Morgan fingerprint density at radius 3 is 2.07 bits per heavy atom. The largest absolute Gasteiger partial charge is 0.459 e. The Labute approximate surface area is 329 Å². The third-order valence-corrected chi connectivity index (χ3v) is 11.1. The van der Waals surface area contributed by atoms with Crippen LogP contribution >= 0.6 is 0 Å². The maximum absolute atomic E-state index is 14.7. The molecule has 1 saturated heterocycles. The molecule has 2 N–H and O–H groups in total. The van der Waals surface area contributed by atoms with E-state index in [4.69, 9.17) is 14.2 Å². The first-order valence-electron chi connectivity index (χ1n) is 19.7. The second-order valence-electron chi connectivity index (χ2n) is 16.2. The van der Waals surface area contributed by atoms with E-state index >= 15 is 0 Å². The van der Waals surface area contributed by atoms with Crippen molar-refractivity contribution in [3.8, 4) is 11.1 Å². The molecule has 4 amide bonds. The quantitative estimate of drug-likeness (QED) is 0.165. The molecule has 0 bridgehead atoms. The number of carbonyl (C=O) groups excluding carboxylic acids is 5. The third kappa shape index (κ3) is 9.52. The highest BCUT2D eigenvalue weighted by atomic mass is 16.6. The van der Waals surface area contributed by atoms with Crippen LogP contribution in [-0.2, 0) is 35.2 Å². The standard InChI is InChI=1S/C44H54N4O8/c1-28(47(5)43(53)56-44(2,3)4)39(49)46-38(30-18-10-7-11-19-30)40(50)48-25-31(24-37(48)41(51)54-26-29-16-8-6-9-17-29)45-42(52)55-27-36-34-22-14-12-20-32(34)33-21-13-15-23-35(33)36/h6,8-9,12-17,20-23,28,30-31,36-38H,7,10-11,18-19,24-27H2,1-5H3,(H,45,52)(H,46,49)/t28?,31-,37-,38?/m0/s1. The van der Waals surface area contributed by atoms with Gasteiger partial charge in [-0.15, -0.1) is 0 Å². The number of amides is 4. The molecule has 1 aliphatic heterocycles. The number of carbonyl (C=O) groups is 5. The monoisotopic (exact) mass is 766 g/mol. The Morgan fingerprint density at radius 1 is 0.839 bits per heavy atom. The van der Waals surface area contributed by atoms with Crippen molar-refractivity contribution in [2.24, 2.45) is 5.92 Å². The zero-order valence-electron chi connectivity index (χ0n) is 33.0. The fraction of sp³-hybridized carbons (Fsp3) is 0.477. The number of fused-ring (bicyclic) bond motifs is 3. The molecular formula is C44H54N4O8. The Hall–Kier alpha value is -5.39. The highest BCUT2D eigenvalue weighted by Gasteiger charge is 2.46. The van der Waals surface area contributed by atoms with Crippen LogP contribution < -0.4 is 10.6 Å². The van der Waals surface area contributed by atoms with Gasteiger partial charge in [0.15, 0.2) is 0 Å².